The summed E-state index contributed by atoms with van der Waals surface area (Å²) in [5, 5.41) is 0. The Kier molecular flexibility index (Phi) is 6.73. The molecule has 6 nitrogen and oxygen atoms in total. The molecule has 0 N–H and O–H groups in total. The van der Waals surface area contributed by atoms with Crippen LogP contribution < -0.4 is 4.74 Å². The van der Waals surface area contributed by atoms with Gasteiger partial charge in [0.1, 0.15) is 18.0 Å². The molecule has 1 aromatic carbocycles. The number of ether oxygens (including phenoxy) is 3. The van der Waals surface area contributed by atoms with Gasteiger partial charge in [-0.25, -0.2) is 9.59 Å². The number of nitrogens with zero attached hydrogens (tertiary/aromatic N) is 1. The molecule has 1 heterocycles. The smallest absolute Gasteiger partial charge is 0.410 e. The van der Waals surface area contributed by atoms with Crippen molar-refractivity contribution in [3.8, 4) is 5.75 Å². The minimum atomic E-state index is -0.531. The summed E-state index contributed by atoms with van der Waals surface area (Å²) >= 11 is 0. The highest BCUT2D eigenvalue weighted by molar-refractivity contribution is 5.89. The summed E-state index contributed by atoms with van der Waals surface area (Å²) in [6, 6.07) is 6.91. The van der Waals surface area contributed by atoms with E-state index in [-0.39, 0.29) is 24.1 Å². The number of carbonyl (C=O) groups excluding carboxylic acids is 2. The van der Waals surface area contributed by atoms with Gasteiger partial charge in [-0.3, -0.25) is 4.90 Å². The van der Waals surface area contributed by atoms with Crippen LogP contribution in [0, 0.1) is 5.92 Å². The first kappa shape index (κ1) is 21.1. The number of hydrogen-bond acceptors (Lipinski definition) is 5. The average Bonchev–Trinajstić information content (AvgIpc) is 3.02. The summed E-state index contributed by atoms with van der Waals surface area (Å²) in [5.41, 5.74) is -0.0583. The van der Waals surface area contributed by atoms with E-state index in [1.165, 1.54) is 7.11 Å². The van der Waals surface area contributed by atoms with Crippen LogP contribution in [0.2, 0.25) is 0 Å². The lowest BCUT2D eigenvalue weighted by Crippen LogP contribution is -2.47. The average molecular weight is 377 g/mol. The lowest BCUT2D eigenvalue weighted by atomic mass is 10.0. The van der Waals surface area contributed by atoms with Crippen LogP contribution in [0.25, 0.3) is 0 Å². The maximum absolute atomic E-state index is 12.7. The van der Waals surface area contributed by atoms with Gasteiger partial charge in [0.2, 0.25) is 0 Å². The molecule has 1 aliphatic rings. The summed E-state index contributed by atoms with van der Waals surface area (Å²) < 4.78 is 16.2. The van der Waals surface area contributed by atoms with Crippen LogP contribution in [-0.4, -0.2) is 48.4 Å². The van der Waals surface area contributed by atoms with E-state index < -0.39 is 5.60 Å². The monoisotopic (exact) mass is 377 g/mol. The van der Waals surface area contributed by atoms with Gasteiger partial charge in [-0.2, -0.15) is 0 Å². The van der Waals surface area contributed by atoms with Crippen LogP contribution in [0.5, 0.6) is 5.75 Å². The van der Waals surface area contributed by atoms with Gasteiger partial charge in [0, 0.05) is 6.04 Å². The molecule has 0 radical (unpaired) electrons. The second-order valence-corrected chi connectivity index (χ2v) is 8.26. The third kappa shape index (κ3) is 5.62. The first-order chi connectivity index (χ1) is 12.6. The maximum atomic E-state index is 12.7. The zero-order valence-corrected chi connectivity index (χ0v) is 17.2. The minimum absolute atomic E-state index is 0.0347. The second kappa shape index (κ2) is 8.63. The zero-order chi connectivity index (χ0) is 20.2. The molecule has 0 aromatic heterocycles. The van der Waals surface area contributed by atoms with Crippen LogP contribution in [0.15, 0.2) is 24.3 Å². The van der Waals surface area contributed by atoms with Crippen molar-refractivity contribution in [2.45, 2.75) is 65.1 Å². The van der Waals surface area contributed by atoms with Gasteiger partial charge in [-0.05, 0) is 63.8 Å². The third-order valence-corrected chi connectivity index (χ3v) is 4.64. The number of amides is 1. The Hall–Kier alpha value is -2.24. The minimum Gasteiger partial charge on any atom is -0.491 e. The molecule has 1 saturated heterocycles. The van der Waals surface area contributed by atoms with Gasteiger partial charge in [-0.15, -0.1) is 0 Å². The van der Waals surface area contributed by atoms with Crippen molar-refractivity contribution >= 4 is 12.1 Å². The third-order valence-electron chi connectivity index (χ3n) is 4.64. The van der Waals surface area contributed by atoms with Gasteiger partial charge in [0.25, 0.3) is 0 Å². The van der Waals surface area contributed by atoms with Crippen molar-refractivity contribution in [2.75, 3.05) is 13.7 Å². The molecule has 27 heavy (non-hydrogen) atoms. The van der Waals surface area contributed by atoms with E-state index in [0.29, 0.717) is 23.8 Å². The van der Waals surface area contributed by atoms with Crippen molar-refractivity contribution in [3.05, 3.63) is 29.8 Å². The largest absolute Gasteiger partial charge is 0.491 e. The Morgan fingerprint density at radius 1 is 1.15 bits per heavy atom. The van der Waals surface area contributed by atoms with Gasteiger partial charge in [-0.1, -0.05) is 13.8 Å². The number of carbonyl (C=O) groups is 2. The van der Waals surface area contributed by atoms with E-state index in [0.717, 1.165) is 12.8 Å². The first-order valence-corrected chi connectivity index (χ1v) is 9.45. The molecule has 2 atom stereocenters. The first-order valence-electron chi connectivity index (χ1n) is 9.45. The molecule has 150 valence electrons. The molecule has 0 bridgehead atoms. The number of benzene rings is 1. The van der Waals surface area contributed by atoms with Crippen molar-refractivity contribution in [3.63, 3.8) is 0 Å². The molecule has 0 aliphatic carbocycles. The molecule has 2 rings (SSSR count). The highest BCUT2D eigenvalue weighted by Crippen LogP contribution is 2.31. The van der Waals surface area contributed by atoms with Gasteiger partial charge in [0.15, 0.2) is 0 Å². The van der Waals surface area contributed by atoms with E-state index in [1.807, 2.05) is 25.7 Å². The normalized spacial score (nSPS) is 19.9. The number of likely N-dealkylation sites (tertiary alicyclic amines) is 1. The Labute approximate surface area is 161 Å². The molecule has 1 aliphatic heterocycles. The lowest BCUT2D eigenvalue weighted by Gasteiger charge is -2.34. The fraction of sp³-hybridized carbons (Fsp3) is 0.619. The van der Waals surface area contributed by atoms with Crippen LogP contribution in [0.1, 0.15) is 57.8 Å². The van der Waals surface area contributed by atoms with Crippen LogP contribution in [-0.2, 0) is 9.47 Å². The van der Waals surface area contributed by atoms with Gasteiger partial charge in [0.05, 0.1) is 18.7 Å². The van der Waals surface area contributed by atoms with E-state index in [4.69, 9.17) is 14.2 Å². The Bertz CT molecular complexity index is 648. The summed E-state index contributed by atoms with van der Waals surface area (Å²) in [5.74, 6) is 0.620. The van der Waals surface area contributed by atoms with Crippen molar-refractivity contribution in [1.82, 2.24) is 4.90 Å². The van der Waals surface area contributed by atoms with E-state index in [1.54, 1.807) is 24.3 Å². The molecule has 0 unspecified atom stereocenters. The van der Waals surface area contributed by atoms with E-state index in [2.05, 4.69) is 13.8 Å². The second-order valence-electron chi connectivity index (χ2n) is 8.26. The molecule has 1 amide bonds. The maximum Gasteiger partial charge on any atom is 0.410 e. The molecule has 0 saturated carbocycles. The molecule has 1 aromatic rings. The molecular formula is C21H31NO5. The topological polar surface area (TPSA) is 65.1 Å². The van der Waals surface area contributed by atoms with E-state index in [9.17, 15) is 9.59 Å². The van der Waals surface area contributed by atoms with Crippen LogP contribution in [0.3, 0.4) is 0 Å². The summed E-state index contributed by atoms with van der Waals surface area (Å²) in [6.07, 6.45) is 1.53. The molecule has 6 heteroatoms. The van der Waals surface area contributed by atoms with Gasteiger partial charge >= 0.3 is 12.1 Å². The van der Waals surface area contributed by atoms with Crippen molar-refractivity contribution < 1.29 is 23.8 Å². The fourth-order valence-corrected chi connectivity index (χ4v) is 3.33. The van der Waals surface area contributed by atoms with Crippen molar-refractivity contribution in [2.24, 2.45) is 5.92 Å². The molecular weight excluding hydrogens is 346 g/mol. The number of hydrogen-bond donors (Lipinski definition) is 0. The van der Waals surface area contributed by atoms with E-state index >= 15 is 0 Å². The standard InChI is InChI=1S/C21H31NO5/c1-14(2)18-12-9-16(22(18)20(24)27-21(3,4)5)13-26-17-10-7-15(8-11-17)19(23)25-6/h7-8,10-11,14,16,18H,9,12-13H2,1-6H3/t16-,18+/m0/s1. The number of esters is 1. The Balaban J connectivity index is 2.04. The fourth-order valence-electron chi connectivity index (χ4n) is 3.33. The summed E-state index contributed by atoms with van der Waals surface area (Å²) in [4.78, 5) is 26.1. The summed E-state index contributed by atoms with van der Waals surface area (Å²) in [7, 11) is 1.35. The molecule has 1 fully saturated rings. The van der Waals surface area contributed by atoms with Gasteiger partial charge < -0.3 is 14.2 Å². The van der Waals surface area contributed by atoms with Crippen molar-refractivity contribution in [1.29, 1.82) is 0 Å². The highest BCUT2D eigenvalue weighted by Gasteiger charge is 2.40. The SMILES string of the molecule is COC(=O)c1ccc(OC[C@@H]2CC[C@H](C(C)C)N2C(=O)OC(C)(C)C)cc1. The summed E-state index contributed by atoms with van der Waals surface area (Å²) in [6.45, 7) is 10.3. The Morgan fingerprint density at radius 3 is 2.30 bits per heavy atom. The predicted octanol–water partition coefficient (Wildman–Crippen LogP) is 4.28. The predicted molar refractivity (Wildman–Crippen MR) is 103 cm³/mol. The van der Waals surface area contributed by atoms with Crippen LogP contribution >= 0.6 is 0 Å². The quantitative estimate of drug-likeness (QED) is 0.717. The lowest BCUT2D eigenvalue weighted by molar-refractivity contribution is 0.00589. The number of rotatable bonds is 5. The Morgan fingerprint density at radius 2 is 1.78 bits per heavy atom. The highest BCUT2D eigenvalue weighted by atomic mass is 16.6. The molecule has 0 spiro atoms. The van der Waals surface area contributed by atoms with Crippen LogP contribution in [0.4, 0.5) is 4.79 Å². The number of methoxy groups -OCH3 is 1. The zero-order valence-electron chi connectivity index (χ0n) is 17.2.